The van der Waals surface area contributed by atoms with Gasteiger partial charge in [-0.15, -0.1) is 0 Å². The van der Waals surface area contributed by atoms with E-state index in [1.807, 2.05) is 37.3 Å². The Hall–Kier alpha value is -3.28. The van der Waals surface area contributed by atoms with Crippen LogP contribution in [-0.2, 0) is 16.9 Å². The Morgan fingerprint density at radius 1 is 1.07 bits per heavy atom. The fourth-order valence-electron chi connectivity index (χ4n) is 3.63. The number of aromatic nitrogens is 1. The fourth-order valence-corrected chi connectivity index (χ4v) is 3.63. The molecule has 0 aliphatic carbocycles. The standard InChI is InChI=1S/C21H18FN3O2/c1-2-21(15-7-4-3-5-8-15)19(26)25(20(27)24-21)13-14-10-11-17(22)16-9-6-12-23-18(14)16/h3-12H,2,13H2,1H3,(H,24,27). The summed E-state index contributed by atoms with van der Waals surface area (Å²) in [5.41, 5.74) is 0.736. The van der Waals surface area contributed by atoms with Gasteiger partial charge in [-0.1, -0.05) is 43.3 Å². The number of benzene rings is 2. The first kappa shape index (κ1) is 17.1. The van der Waals surface area contributed by atoms with E-state index in [0.717, 1.165) is 5.56 Å². The zero-order chi connectivity index (χ0) is 19.0. The van der Waals surface area contributed by atoms with Crippen molar-refractivity contribution in [3.8, 4) is 0 Å². The lowest BCUT2D eigenvalue weighted by Gasteiger charge is -2.25. The SMILES string of the molecule is CCC1(c2ccccc2)NC(=O)N(Cc2ccc(F)c3cccnc23)C1=O. The lowest BCUT2D eigenvalue weighted by Crippen LogP contribution is -2.43. The van der Waals surface area contributed by atoms with E-state index in [9.17, 15) is 14.0 Å². The first-order valence-electron chi connectivity index (χ1n) is 8.78. The highest BCUT2D eigenvalue weighted by molar-refractivity contribution is 6.07. The monoisotopic (exact) mass is 363 g/mol. The van der Waals surface area contributed by atoms with Crippen molar-refractivity contribution >= 4 is 22.8 Å². The molecule has 1 aromatic heterocycles. The summed E-state index contributed by atoms with van der Waals surface area (Å²) in [5, 5.41) is 3.22. The molecule has 1 N–H and O–H groups in total. The van der Waals surface area contributed by atoms with Crippen LogP contribution in [0.5, 0.6) is 0 Å². The third-order valence-electron chi connectivity index (χ3n) is 5.10. The van der Waals surface area contributed by atoms with Crippen LogP contribution in [0.25, 0.3) is 10.9 Å². The summed E-state index contributed by atoms with van der Waals surface area (Å²) in [6.45, 7) is 1.90. The molecule has 2 aromatic carbocycles. The Kier molecular flexibility index (Phi) is 4.11. The molecule has 0 bridgehead atoms. The quantitative estimate of drug-likeness (QED) is 0.719. The minimum Gasteiger partial charge on any atom is -0.319 e. The molecule has 1 atom stereocenters. The average Bonchev–Trinajstić information content (AvgIpc) is 2.96. The number of pyridine rings is 1. The molecule has 5 nitrogen and oxygen atoms in total. The van der Waals surface area contributed by atoms with Crippen LogP contribution in [0.4, 0.5) is 9.18 Å². The van der Waals surface area contributed by atoms with Crippen LogP contribution in [0.3, 0.4) is 0 Å². The van der Waals surface area contributed by atoms with Crippen molar-refractivity contribution in [2.75, 3.05) is 0 Å². The molecule has 4 rings (SSSR count). The number of nitrogens with one attached hydrogen (secondary N) is 1. The number of hydrogen-bond donors (Lipinski definition) is 1. The first-order chi connectivity index (χ1) is 13.1. The Labute approximate surface area is 155 Å². The normalized spacial score (nSPS) is 19.6. The van der Waals surface area contributed by atoms with E-state index >= 15 is 0 Å². The van der Waals surface area contributed by atoms with Gasteiger partial charge < -0.3 is 5.32 Å². The van der Waals surface area contributed by atoms with Gasteiger partial charge >= 0.3 is 6.03 Å². The Balaban J connectivity index is 1.73. The molecule has 1 aliphatic rings. The van der Waals surface area contributed by atoms with Gasteiger partial charge in [0.05, 0.1) is 12.1 Å². The highest BCUT2D eigenvalue weighted by atomic mass is 19.1. The number of carbonyl (C=O) groups excluding carboxylic acids is 2. The summed E-state index contributed by atoms with van der Waals surface area (Å²) in [6.07, 6.45) is 2.00. The summed E-state index contributed by atoms with van der Waals surface area (Å²) >= 11 is 0. The van der Waals surface area contributed by atoms with Gasteiger partial charge in [0.25, 0.3) is 5.91 Å². The third kappa shape index (κ3) is 2.65. The van der Waals surface area contributed by atoms with Crippen LogP contribution < -0.4 is 5.32 Å². The van der Waals surface area contributed by atoms with Crippen molar-refractivity contribution in [3.63, 3.8) is 0 Å². The molecule has 1 fully saturated rings. The number of nitrogens with zero attached hydrogens (tertiary/aromatic N) is 2. The molecule has 0 spiro atoms. The van der Waals surface area contributed by atoms with E-state index in [0.29, 0.717) is 22.9 Å². The van der Waals surface area contributed by atoms with Crippen molar-refractivity contribution in [1.29, 1.82) is 0 Å². The van der Waals surface area contributed by atoms with Gasteiger partial charge in [-0.25, -0.2) is 9.18 Å². The van der Waals surface area contributed by atoms with E-state index in [2.05, 4.69) is 10.3 Å². The summed E-state index contributed by atoms with van der Waals surface area (Å²) in [6, 6.07) is 14.9. The summed E-state index contributed by atoms with van der Waals surface area (Å²) < 4.78 is 14.0. The molecule has 1 aliphatic heterocycles. The van der Waals surface area contributed by atoms with Crippen LogP contribution in [0.1, 0.15) is 24.5 Å². The minimum absolute atomic E-state index is 0.0348. The van der Waals surface area contributed by atoms with Gasteiger partial charge in [-0.2, -0.15) is 0 Å². The van der Waals surface area contributed by atoms with Crippen molar-refractivity contribution < 1.29 is 14.0 Å². The van der Waals surface area contributed by atoms with Crippen LogP contribution >= 0.6 is 0 Å². The molecule has 3 aromatic rings. The number of halogens is 1. The topological polar surface area (TPSA) is 62.3 Å². The average molecular weight is 363 g/mol. The number of rotatable bonds is 4. The molecule has 1 saturated heterocycles. The number of urea groups is 1. The maximum Gasteiger partial charge on any atom is 0.325 e. The van der Waals surface area contributed by atoms with Crippen LogP contribution in [0.15, 0.2) is 60.8 Å². The number of carbonyl (C=O) groups is 2. The van der Waals surface area contributed by atoms with Crippen LogP contribution in [0, 0.1) is 5.82 Å². The van der Waals surface area contributed by atoms with Crippen LogP contribution in [0.2, 0.25) is 0 Å². The summed E-state index contributed by atoms with van der Waals surface area (Å²) in [5.74, 6) is -0.694. The molecule has 0 radical (unpaired) electrons. The van der Waals surface area contributed by atoms with Crippen LogP contribution in [-0.4, -0.2) is 21.8 Å². The van der Waals surface area contributed by atoms with Crippen molar-refractivity contribution in [2.24, 2.45) is 0 Å². The highest BCUT2D eigenvalue weighted by Crippen LogP contribution is 2.33. The fraction of sp³-hybridized carbons (Fsp3) is 0.190. The predicted octanol–water partition coefficient (Wildman–Crippen LogP) is 3.73. The van der Waals surface area contributed by atoms with E-state index in [4.69, 9.17) is 0 Å². The second kappa shape index (κ2) is 6.46. The maximum absolute atomic E-state index is 14.0. The number of fused-ring (bicyclic) bond motifs is 1. The molecule has 27 heavy (non-hydrogen) atoms. The summed E-state index contributed by atoms with van der Waals surface area (Å²) in [7, 11) is 0. The summed E-state index contributed by atoms with van der Waals surface area (Å²) in [4.78, 5) is 31.3. The maximum atomic E-state index is 14.0. The number of amides is 3. The minimum atomic E-state index is -1.08. The molecule has 2 heterocycles. The molecular formula is C21H18FN3O2. The predicted molar refractivity (Wildman–Crippen MR) is 99.2 cm³/mol. The van der Waals surface area contributed by atoms with Gasteiger partial charge in [-0.05, 0) is 35.7 Å². The Morgan fingerprint density at radius 3 is 2.59 bits per heavy atom. The van der Waals surface area contributed by atoms with E-state index in [1.54, 1.807) is 24.4 Å². The van der Waals surface area contributed by atoms with Crippen molar-refractivity contribution in [1.82, 2.24) is 15.2 Å². The molecule has 136 valence electrons. The molecule has 3 amide bonds. The number of imide groups is 1. The lowest BCUT2D eigenvalue weighted by atomic mass is 9.87. The van der Waals surface area contributed by atoms with E-state index < -0.39 is 11.6 Å². The van der Waals surface area contributed by atoms with E-state index in [-0.39, 0.29) is 18.3 Å². The Bertz CT molecular complexity index is 1040. The molecule has 0 saturated carbocycles. The largest absolute Gasteiger partial charge is 0.325 e. The third-order valence-corrected chi connectivity index (χ3v) is 5.10. The smallest absolute Gasteiger partial charge is 0.319 e. The van der Waals surface area contributed by atoms with Crippen molar-refractivity contribution in [2.45, 2.75) is 25.4 Å². The van der Waals surface area contributed by atoms with Gasteiger partial charge in [0, 0.05) is 11.6 Å². The first-order valence-corrected chi connectivity index (χ1v) is 8.78. The molecule has 1 unspecified atom stereocenters. The molecular weight excluding hydrogens is 345 g/mol. The van der Waals surface area contributed by atoms with Gasteiger partial charge in [-0.3, -0.25) is 14.7 Å². The van der Waals surface area contributed by atoms with Gasteiger partial charge in [0.15, 0.2) is 0 Å². The second-order valence-electron chi connectivity index (χ2n) is 6.55. The van der Waals surface area contributed by atoms with E-state index in [1.165, 1.54) is 11.0 Å². The van der Waals surface area contributed by atoms with Crippen molar-refractivity contribution in [3.05, 3.63) is 77.7 Å². The zero-order valence-corrected chi connectivity index (χ0v) is 14.8. The van der Waals surface area contributed by atoms with Gasteiger partial charge in [0.2, 0.25) is 0 Å². The molecule has 6 heteroatoms. The number of hydrogen-bond acceptors (Lipinski definition) is 3. The lowest BCUT2D eigenvalue weighted by molar-refractivity contribution is -0.132. The Morgan fingerprint density at radius 2 is 1.85 bits per heavy atom. The second-order valence-corrected chi connectivity index (χ2v) is 6.55. The zero-order valence-electron chi connectivity index (χ0n) is 14.8. The van der Waals surface area contributed by atoms with Gasteiger partial charge in [0.1, 0.15) is 11.4 Å². The highest BCUT2D eigenvalue weighted by Gasteiger charge is 2.51.